The molecular weight excluding hydrogens is 521 g/mol. The number of benzene rings is 2. The molecule has 7 nitrogen and oxygen atoms in total. The largest absolute Gasteiger partial charge is 0.352 e. The van der Waals surface area contributed by atoms with Gasteiger partial charge in [-0.2, -0.15) is 0 Å². The molecule has 36 heavy (non-hydrogen) atoms. The molecule has 2 aromatic rings. The summed E-state index contributed by atoms with van der Waals surface area (Å²) < 4.78 is 26.1. The van der Waals surface area contributed by atoms with Crippen molar-refractivity contribution in [3.05, 3.63) is 63.6 Å². The Balaban J connectivity index is 2.19. The van der Waals surface area contributed by atoms with Crippen molar-refractivity contribution >= 4 is 50.7 Å². The van der Waals surface area contributed by atoms with Crippen LogP contribution in [0.25, 0.3) is 0 Å². The molecule has 2 amide bonds. The fourth-order valence-corrected chi connectivity index (χ4v) is 4.88. The van der Waals surface area contributed by atoms with Crippen LogP contribution in [0.15, 0.2) is 42.5 Å². The Bertz CT molecular complexity index is 1160. The number of nitrogens with zero attached hydrogens (tertiary/aromatic N) is 2. The second-order valence-electron chi connectivity index (χ2n) is 9.04. The predicted octanol–water partition coefficient (Wildman–Crippen LogP) is 5.18. The first kappa shape index (κ1) is 29.9. The topological polar surface area (TPSA) is 86.8 Å². The second kappa shape index (κ2) is 13.3. The highest BCUT2D eigenvalue weighted by molar-refractivity contribution is 7.92. The lowest BCUT2D eigenvalue weighted by molar-refractivity contribution is -0.140. The average molecular weight is 557 g/mol. The van der Waals surface area contributed by atoms with E-state index in [-0.39, 0.29) is 43.8 Å². The van der Waals surface area contributed by atoms with Gasteiger partial charge in [-0.1, -0.05) is 53.9 Å². The summed E-state index contributed by atoms with van der Waals surface area (Å²) in [7, 11) is -3.54. The zero-order chi connectivity index (χ0) is 27.0. The van der Waals surface area contributed by atoms with Gasteiger partial charge < -0.3 is 10.2 Å². The van der Waals surface area contributed by atoms with E-state index in [0.717, 1.165) is 23.8 Å². The summed E-state index contributed by atoms with van der Waals surface area (Å²) in [6.07, 6.45) is 2.27. The Hall–Kier alpha value is -2.29. The molecule has 1 N–H and O–H groups in total. The van der Waals surface area contributed by atoms with E-state index in [4.69, 9.17) is 23.2 Å². The molecule has 10 heteroatoms. The van der Waals surface area contributed by atoms with Gasteiger partial charge >= 0.3 is 0 Å². The number of halogens is 2. The van der Waals surface area contributed by atoms with Gasteiger partial charge in [-0.15, -0.1) is 0 Å². The number of aryl methyl sites for hydroxylation is 1. The smallest absolute Gasteiger partial charge is 0.242 e. The number of amides is 2. The normalized spacial score (nSPS) is 13.1. The number of sulfonamides is 1. The molecule has 2 atom stereocenters. The quantitative estimate of drug-likeness (QED) is 0.391. The van der Waals surface area contributed by atoms with E-state index in [1.165, 1.54) is 9.21 Å². The van der Waals surface area contributed by atoms with Gasteiger partial charge in [-0.05, 0) is 63.4 Å². The number of anilines is 1. The van der Waals surface area contributed by atoms with Gasteiger partial charge in [-0.3, -0.25) is 13.9 Å². The van der Waals surface area contributed by atoms with E-state index in [0.29, 0.717) is 15.7 Å². The summed E-state index contributed by atoms with van der Waals surface area (Å²) in [5, 5.41) is 3.69. The van der Waals surface area contributed by atoms with Gasteiger partial charge in [0, 0.05) is 25.6 Å². The van der Waals surface area contributed by atoms with Gasteiger partial charge in [0.25, 0.3) is 0 Å². The average Bonchev–Trinajstić information content (AvgIpc) is 2.81. The first-order chi connectivity index (χ1) is 16.8. The molecule has 2 unspecified atom stereocenters. The molecular formula is C26H35Cl2N3O4S. The lowest BCUT2D eigenvalue weighted by Crippen LogP contribution is -2.49. The first-order valence-corrected chi connectivity index (χ1v) is 14.5. The zero-order valence-electron chi connectivity index (χ0n) is 21.4. The third kappa shape index (κ3) is 8.68. The molecule has 0 aliphatic heterocycles. The second-order valence-corrected chi connectivity index (χ2v) is 11.8. The maximum absolute atomic E-state index is 13.3. The summed E-state index contributed by atoms with van der Waals surface area (Å²) in [6, 6.07) is 11.5. The molecule has 0 bridgehead atoms. The highest BCUT2D eigenvalue weighted by Crippen LogP contribution is 2.24. The van der Waals surface area contributed by atoms with Crippen LogP contribution in [0.2, 0.25) is 10.0 Å². The van der Waals surface area contributed by atoms with E-state index in [1.807, 2.05) is 32.9 Å². The van der Waals surface area contributed by atoms with Crippen molar-refractivity contribution in [1.29, 1.82) is 0 Å². The third-order valence-corrected chi connectivity index (χ3v) is 7.91. The molecule has 0 aliphatic rings. The third-order valence-electron chi connectivity index (χ3n) is 5.98. The molecule has 0 saturated heterocycles. The lowest BCUT2D eigenvalue weighted by Gasteiger charge is -2.30. The molecule has 0 aromatic heterocycles. The Labute approximate surface area is 224 Å². The van der Waals surface area contributed by atoms with Gasteiger partial charge in [0.05, 0.1) is 22.0 Å². The number of hydrogen-bond donors (Lipinski definition) is 1. The summed E-state index contributed by atoms with van der Waals surface area (Å²) in [5.41, 5.74) is 2.30. The fourth-order valence-electron chi connectivity index (χ4n) is 3.60. The Morgan fingerprint density at radius 2 is 1.67 bits per heavy atom. The van der Waals surface area contributed by atoms with E-state index < -0.39 is 16.1 Å². The van der Waals surface area contributed by atoms with Gasteiger partial charge in [-0.25, -0.2) is 8.42 Å². The summed E-state index contributed by atoms with van der Waals surface area (Å²) >= 11 is 12.2. The Kier molecular flexibility index (Phi) is 11.1. The van der Waals surface area contributed by atoms with Crippen molar-refractivity contribution < 1.29 is 18.0 Å². The molecule has 0 spiro atoms. The maximum atomic E-state index is 13.3. The molecule has 0 heterocycles. The van der Waals surface area contributed by atoms with E-state index in [2.05, 4.69) is 5.32 Å². The molecule has 0 radical (unpaired) electrons. The molecule has 198 valence electrons. The number of hydrogen-bond acceptors (Lipinski definition) is 4. The minimum Gasteiger partial charge on any atom is -0.352 e. The van der Waals surface area contributed by atoms with E-state index >= 15 is 0 Å². The molecule has 2 aromatic carbocycles. The molecule has 0 aliphatic carbocycles. The predicted molar refractivity (Wildman–Crippen MR) is 147 cm³/mol. The Morgan fingerprint density at radius 3 is 2.22 bits per heavy atom. The Morgan fingerprint density at radius 1 is 1.03 bits per heavy atom. The van der Waals surface area contributed by atoms with Crippen LogP contribution in [0.5, 0.6) is 0 Å². The van der Waals surface area contributed by atoms with Crippen LogP contribution in [-0.2, 0) is 26.2 Å². The van der Waals surface area contributed by atoms with E-state index in [1.54, 1.807) is 37.3 Å². The van der Waals surface area contributed by atoms with Crippen molar-refractivity contribution in [1.82, 2.24) is 10.2 Å². The van der Waals surface area contributed by atoms with Gasteiger partial charge in [0.15, 0.2) is 0 Å². The number of carbonyl (C=O) groups is 2. The van der Waals surface area contributed by atoms with Crippen LogP contribution < -0.4 is 9.62 Å². The SMILES string of the molecule is CCC(C)NC(=O)C(C)N(Cc1ccc(Cl)c(Cl)c1)C(=O)CCCN(c1ccc(C)cc1)S(C)(=O)=O. The highest BCUT2D eigenvalue weighted by Gasteiger charge is 2.27. The lowest BCUT2D eigenvalue weighted by atomic mass is 10.1. The zero-order valence-corrected chi connectivity index (χ0v) is 23.8. The van der Waals surface area contributed by atoms with Crippen LogP contribution in [-0.4, -0.2) is 50.0 Å². The molecule has 2 rings (SSSR count). The summed E-state index contributed by atoms with van der Waals surface area (Å²) in [5.74, 6) is -0.514. The fraction of sp³-hybridized carbons (Fsp3) is 0.462. The molecule has 0 fully saturated rings. The van der Waals surface area contributed by atoms with Gasteiger partial charge in [0.1, 0.15) is 6.04 Å². The monoisotopic (exact) mass is 555 g/mol. The van der Waals surface area contributed by atoms with Crippen molar-refractivity contribution in [3.8, 4) is 0 Å². The number of carbonyl (C=O) groups excluding carboxylic acids is 2. The maximum Gasteiger partial charge on any atom is 0.242 e. The minimum absolute atomic E-state index is 0.0280. The highest BCUT2D eigenvalue weighted by atomic mass is 35.5. The minimum atomic E-state index is -3.54. The van der Waals surface area contributed by atoms with Crippen molar-refractivity contribution in [2.75, 3.05) is 17.1 Å². The van der Waals surface area contributed by atoms with Gasteiger partial charge in [0.2, 0.25) is 21.8 Å². The molecule has 0 saturated carbocycles. The van der Waals surface area contributed by atoms with Crippen LogP contribution >= 0.6 is 23.2 Å². The van der Waals surface area contributed by atoms with Crippen molar-refractivity contribution in [2.45, 2.75) is 65.6 Å². The summed E-state index contributed by atoms with van der Waals surface area (Å²) in [6.45, 7) is 7.78. The van der Waals surface area contributed by atoms with Crippen LogP contribution in [0.1, 0.15) is 51.2 Å². The first-order valence-electron chi connectivity index (χ1n) is 11.9. The van der Waals surface area contributed by atoms with Crippen LogP contribution in [0.3, 0.4) is 0 Å². The van der Waals surface area contributed by atoms with Crippen LogP contribution in [0.4, 0.5) is 5.69 Å². The number of rotatable bonds is 12. The number of nitrogens with one attached hydrogen (secondary N) is 1. The standard InChI is InChI=1S/C26H35Cl2N3O4S/c1-6-19(3)29-26(33)20(4)30(17-21-11-14-23(27)24(28)16-21)25(32)8-7-15-31(36(5,34)35)22-12-9-18(2)10-13-22/h9-14,16,19-20H,6-8,15,17H2,1-5H3,(H,29,33). The van der Waals surface area contributed by atoms with Crippen molar-refractivity contribution in [3.63, 3.8) is 0 Å². The van der Waals surface area contributed by atoms with E-state index in [9.17, 15) is 18.0 Å². The van der Waals surface area contributed by atoms with Crippen LogP contribution in [0, 0.1) is 6.92 Å². The summed E-state index contributed by atoms with van der Waals surface area (Å²) in [4.78, 5) is 27.7. The van der Waals surface area contributed by atoms with Crippen molar-refractivity contribution in [2.24, 2.45) is 0 Å².